The molecule has 0 unspecified atom stereocenters. The summed E-state index contributed by atoms with van der Waals surface area (Å²) in [5.41, 5.74) is 5.49. The summed E-state index contributed by atoms with van der Waals surface area (Å²) in [6, 6.07) is 3.31. The van der Waals surface area contributed by atoms with Crippen LogP contribution in [-0.4, -0.2) is 26.3 Å². The summed E-state index contributed by atoms with van der Waals surface area (Å²) in [7, 11) is -2.14. The number of anilines is 1. The average molecular weight is 274 g/mol. The van der Waals surface area contributed by atoms with Crippen molar-refractivity contribution in [2.75, 3.05) is 19.3 Å². The lowest BCUT2D eigenvalue weighted by atomic mass is 10.1. The lowest BCUT2D eigenvalue weighted by Crippen LogP contribution is -2.29. The molecule has 0 radical (unpaired) electrons. The molecule has 6 heteroatoms. The largest absolute Gasteiger partial charge is 0.398 e. The lowest BCUT2D eigenvalue weighted by molar-refractivity contribution is 0.428. The molecule has 1 aromatic carbocycles. The van der Waals surface area contributed by atoms with Gasteiger partial charge in [0.15, 0.2) is 0 Å². The SMILES string of the molecule is CC(C)CCN(C)S(=O)(=O)c1ccc(F)cc1N. The van der Waals surface area contributed by atoms with E-state index in [1.165, 1.54) is 17.4 Å². The van der Waals surface area contributed by atoms with Gasteiger partial charge in [-0.3, -0.25) is 0 Å². The van der Waals surface area contributed by atoms with E-state index in [-0.39, 0.29) is 10.6 Å². The van der Waals surface area contributed by atoms with Gasteiger partial charge in [0.05, 0.1) is 5.69 Å². The van der Waals surface area contributed by atoms with Crippen LogP contribution in [0.25, 0.3) is 0 Å². The fourth-order valence-electron chi connectivity index (χ4n) is 1.48. The molecule has 0 aliphatic heterocycles. The summed E-state index contributed by atoms with van der Waals surface area (Å²) < 4.78 is 38.5. The van der Waals surface area contributed by atoms with Gasteiger partial charge < -0.3 is 5.73 Å². The summed E-state index contributed by atoms with van der Waals surface area (Å²) in [6.07, 6.45) is 0.761. The van der Waals surface area contributed by atoms with Crippen LogP contribution < -0.4 is 5.73 Å². The third kappa shape index (κ3) is 3.43. The van der Waals surface area contributed by atoms with E-state index in [2.05, 4.69) is 0 Å². The molecule has 0 bridgehead atoms. The molecule has 1 rings (SSSR count). The molecular formula is C12H19FN2O2S. The summed E-state index contributed by atoms with van der Waals surface area (Å²) >= 11 is 0. The summed E-state index contributed by atoms with van der Waals surface area (Å²) in [6.45, 7) is 4.45. The van der Waals surface area contributed by atoms with Crippen LogP contribution in [0, 0.1) is 11.7 Å². The van der Waals surface area contributed by atoms with Crippen molar-refractivity contribution in [3.63, 3.8) is 0 Å². The Morgan fingerprint density at radius 3 is 2.50 bits per heavy atom. The minimum atomic E-state index is -3.64. The molecule has 0 aliphatic rings. The fraction of sp³-hybridized carbons (Fsp3) is 0.500. The van der Waals surface area contributed by atoms with E-state index in [9.17, 15) is 12.8 Å². The second kappa shape index (κ2) is 5.67. The second-order valence-corrected chi connectivity index (χ2v) is 6.70. The highest BCUT2D eigenvalue weighted by Gasteiger charge is 2.23. The Balaban J connectivity index is 2.98. The fourth-order valence-corrected chi connectivity index (χ4v) is 2.76. The van der Waals surface area contributed by atoms with E-state index in [0.717, 1.165) is 18.6 Å². The molecular weight excluding hydrogens is 255 g/mol. The highest BCUT2D eigenvalue weighted by Crippen LogP contribution is 2.22. The van der Waals surface area contributed by atoms with E-state index in [4.69, 9.17) is 5.73 Å². The normalized spacial score (nSPS) is 12.3. The maximum atomic E-state index is 12.9. The molecule has 0 atom stereocenters. The van der Waals surface area contributed by atoms with Gasteiger partial charge in [-0.05, 0) is 30.5 Å². The van der Waals surface area contributed by atoms with Crippen LogP contribution in [0.15, 0.2) is 23.1 Å². The predicted molar refractivity (Wildman–Crippen MR) is 70.1 cm³/mol. The monoisotopic (exact) mass is 274 g/mol. The van der Waals surface area contributed by atoms with E-state index in [1.807, 2.05) is 13.8 Å². The van der Waals surface area contributed by atoms with Gasteiger partial charge in [0.25, 0.3) is 0 Å². The van der Waals surface area contributed by atoms with E-state index < -0.39 is 15.8 Å². The van der Waals surface area contributed by atoms with Crippen molar-refractivity contribution in [2.45, 2.75) is 25.2 Å². The Morgan fingerprint density at radius 1 is 1.39 bits per heavy atom. The van der Waals surface area contributed by atoms with E-state index in [1.54, 1.807) is 0 Å². The van der Waals surface area contributed by atoms with Crippen LogP contribution in [-0.2, 0) is 10.0 Å². The zero-order chi connectivity index (χ0) is 13.9. The molecule has 0 heterocycles. The van der Waals surface area contributed by atoms with Crippen molar-refractivity contribution in [1.82, 2.24) is 4.31 Å². The minimum absolute atomic E-state index is 0.0462. The van der Waals surface area contributed by atoms with Crippen molar-refractivity contribution in [1.29, 1.82) is 0 Å². The molecule has 2 N–H and O–H groups in total. The van der Waals surface area contributed by atoms with Crippen LogP contribution in [0.4, 0.5) is 10.1 Å². The number of hydrogen-bond acceptors (Lipinski definition) is 3. The van der Waals surface area contributed by atoms with Gasteiger partial charge >= 0.3 is 0 Å². The van der Waals surface area contributed by atoms with Crippen LogP contribution >= 0.6 is 0 Å². The number of rotatable bonds is 5. The maximum absolute atomic E-state index is 12.9. The highest BCUT2D eigenvalue weighted by atomic mass is 32.2. The molecule has 0 aliphatic carbocycles. The number of nitrogens with zero attached hydrogens (tertiary/aromatic N) is 1. The quantitative estimate of drug-likeness (QED) is 0.836. The highest BCUT2D eigenvalue weighted by molar-refractivity contribution is 7.89. The maximum Gasteiger partial charge on any atom is 0.244 e. The second-order valence-electron chi connectivity index (χ2n) is 4.69. The minimum Gasteiger partial charge on any atom is -0.398 e. The molecule has 0 saturated heterocycles. The summed E-state index contributed by atoms with van der Waals surface area (Å²) in [5, 5.41) is 0. The standard InChI is InChI=1S/C12H19FN2O2S/c1-9(2)6-7-15(3)18(16,17)12-5-4-10(13)8-11(12)14/h4-5,8-9H,6-7,14H2,1-3H3. The van der Waals surface area contributed by atoms with E-state index in [0.29, 0.717) is 12.5 Å². The van der Waals surface area contributed by atoms with Gasteiger partial charge in [-0.2, -0.15) is 0 Å². The molecule has 0 aromatic heterocycles. The number of nitrogens with two attached hydrogens (primary N) is 1. The van der Waals surface area contributed by atoms with Gasteiger partial charge in [0, 0.05) is 13.6 Å². The Hall–Kier alpha value is -1.14. The Kier molecular flexibility index (Phi) is 4.70. The van der Waals surface area contributed by atoms with Gasteiger partial charge in [0.1, 0.15) is 10.7 Å². The van der Waals surface area contributed by atoms with Gasteiger partial charge in [-0.1, -0.05) is 13.8 Å². The van der Waals surface area contributed by atoms with Gasteiger partial charge in [-0.25, -0.2) is 17.1 Å². The molecule has 1 aromatic rings. The van der Waals surface area contributed by atoms with Crippen molar-refractivity contribution in [3.8, 4) is 0 Å². The molecule has 4 nitrogen and oxygen atoms in total. The van der Waals surface area contributed by atoms with Crippen molar-refractivity contribution in [2.24, 2.45) is 5.92 Å². The first kappa shape index (κ1) is 14.9. The zero-order valence-corrected chi connectivity index (χ0v) is 11.7. The summed E-state index contributed by atoms with van der Waals surface area (Å²) in [4.78, 5) is -0.0462. The number of hydrogen-bond donors (Lipinski definition) is 1. The van der Waals surface area contributed by atoms with Crippen molar-refractivity contribution >= 4 is 15.7 Å². The topological polar surface area (TPSA) is 63.4 Å². The smallest absolute Gasteiger partial charge is 0.244 e. The number of sulfonamides is 1. The first-order chi connectivity index (χ1) is 8.25. The Morgan fingerprint density at radius 2 is 2.00 bits per heavy atom. The molecule has 18 heavy (non-hydrogen) atoms. The first-order valence-corrected chi connectivity index (χ1v) is 7.20. The molecule has 0 spiro atoms. The molecule has 0 fully saturated rings. The Labute approximate surface area is 108 Å². The van der Waals surface area contributed by atoms with Gasteiger partial charge in [-0.15, -0.1) is 0 Å². The first-order valence-electron chi connectivity index (χ1n) is 5.76. The van der Waals surface area contributed by atoms with Crippen LogP contribution in [0.2, 0.25) is 0 Å². The average Bonchev–Trinajstić information content (AvgIpc) is 2.24. The van der Waals surface area contributed by atoms with Crippen LogP contribution in [0.5, 0.6) is 0 Å². The summed E-state index contributed by atoms with van der Waals surface area (Å²) in [5.74, 6) is -0.135. The predicted octanol–water partition coefficient (Wildman–Crippen LogP) is 2.07. The lowest BCUT2D eigenvalue weighted by Gasteiger charge is -2.19. The number of benzene rings is 1. The Bertz CT molecular complexity index is 515. The molecule has 0 amide bonds. The van der Waals surface area contributed by atoms with E-state index >= 15 is 0 Å². The third-order valence-corrected chi connectivity index (χ3v) is 4.61. The number of halogens is 1. The molecule has 102 valence electrons. The zero-order valence-electron chi connectivity index (χ0n) is 10.9. The third-order valence-electron chi connectivity index (χ3n) is 2.68. The van der Waals surface area contributed by atoms with Crippen LogP contribution in [0.1, 0.15) is 20.3 Å². The van der Waals surface area contributed by atoms with Crippen molar-refractivity contribution in [3.05, 3.63) is 24.0 Å². The van der Waals surface area contributed by atoms with Crippen LogP contribution in [0.3, 0.4) is 0 Å². The van der Waals surface area contributed by atoms with Gasteiger partial charge in [0.2, 0.25) is 10.0 Å². The molecule has 0 saturated carbocycles. The van der Waals surface area contributed by atoms with Crippen molar-refractivity contribution < 1.29 is 12.8 Å². The number of nitrogen functional groups attached to an aromatic ring is 1.